The van der Waals surface area contributed by atoms with Crippen LogP contribution in [0.4, 0.5) is 13.2 Å². The number of rotatable bonds is 25. The second-order valence-corrected chi connectivity index (χ2v) is 26.1. The van der Waals surface area contributed by atoms with Crippen molar-refractivity contribution in [3.05, 3.63) is 12.2 Å². The van der Waals surface area contributed by atoms with Crippen molar-refractivity contribution in [2.45, 2.75) is 211 Å². The number of nitrogens with one attached hydrogen (secondary N) is 4. The fraction of sp³-hybridized carbons (Fsp3) is 0.820. The van der Waals surface area contributed by atoms with E-state index in [1.54, 1.807) is 11.9 Å². The molecule has 5 aliphatic rings. The minimum Gasteiger partial charge on any atom is -0.381 e. The van der Waals surface area contributed by atoms with E-state index in [1.807, 2.05) is 46.8 Å². The van der Waals surface area contributed by atoms with Gasteiger partial charge < -0.3 is 55.4 Å². The van der Waals surface area contributed by atoms with Crippen LogP contribution in [0.25, 0.3) is 0 Å². The molecule has 4 fully saturated rings. The second-order valence-electron chi connectivity index (χ2n) is 26.1. The Morgan fingerprint density at radius 3 is 2.06 bits per heavy atom. The highest BCUT2D eigenvalue weighted by Gasteiger charge is 2.59. The first-order valence-corrected chi connectivity index (χ1v) is 30.8. The van der Waals surface area contributed by atoms with Crippen LogP contribution in [0.15, 0.2) is 12.2 Å². The number of amides is 9. The molecule has 3 aliphatic carbocycles. The first kappa shape index (κ1) is 69.5. The van der Waals surface area contributed by atoms with Crippen LogP contribution in [-0.4, -0.2) is 213 Å². The predicted molar refractivity (Wildman–Crippen MR) is 312 cm³/mol. The zero-order valence-electron chi connectivity index (χ0n) is 52.5. The fourth-order valence-electron chi connectivity index (χ4n) is 14.3. The Bertz CT molecular complexity index is 2340. The minimum absolute atomic E-state index is 0.00381. The van der Waals surface area contributed by atoms with Crippen LogP contribution < -0.4 is 21.3 Å². The van der Waals surface area contributed by atoms with Crippen LogP contribution in [0.1, 0.15) is 157 Å². The third kappa shape index (κ3) is 17.2. The van der Waals surface area contributed by atoms with E-state index in [9.17, 15) is 41.9 Å². The maximum Gasteiger partial charge on any atom is 0.394 e. The summed E-state index contributed by atoms with van der Waals surface area (Å²) in [7, 11) is 11.9. The van der Waals surface area contributed by atoms with Crippen LogP contribution in [-0.2, 0) is 47.9 Å². The first-order valence-electron chi connectivity index (χ1n) is 30.8. The topological polar surface area (TPSA) is 230 Å². The van der Waals surface area contributed by atoms with Crippen molar-refractivity contribution < 1.29 is 61.1 Å². The Morgan fingerprint density at radius 1 is 0.833 bits per heavy atom. The van der Waals surface area contributed by atoms with Gasteiger partial charge in [-0.25, -0.2) is 0 Å². The molecule has 3 unspecified atom stereocenters. The highest BCUT2D eigenvalue weighted by Crippen LogP contribution is 2.50. The summed E-state index contributed by atoms with van der Waals surface area (Å²) in [5.41, 5.74) is -1.95. The number of likely N-dealkylation sites (N-methyl/N-ethyl adjacent to an activating group) is 5. The van der Waals surface area contributed by atoms with Gasteiger partial charge in [-0.15, -0.1) is 0 Å². The van der Waals surface area contributed by atoms with Crippen molar-refractivity contribution in [1.29, 1.82) is 0 Å². The van der Waals surface area contributed by atoms with Gasteiger partial charge in [0, 0.05) is 62.5 Å². The third-order valence-corrected chi connectivity index (χ3v) is 18.9. The molecule has 0 aromatic rings. The molecule has 1 saturated heterocycles. The highest BCUT2D eigenvalue weighted by atomic mass is 19.4. The lowest BCUT2D eigenvalue weighted by Crippen LogP contribution is -2.71. The van der Waals surface area contributed by atoms with Crippen LogP contribution in [0.2, 0.25) is 0 Å². The molecule has 3 saturated carbocycles. The summed E-state index contributed by atoms with van der Waals surface area (Å²) in [4.78, 5) is 138. The molecule has 0 spiro atoms. The number of halogens is 3. The van der Waals surface area contributed by atoms with Gasteiger partial charge in [0.15, 0.2) is 0 Å². The normalized spacial score (nSPS) is 25.4. The molecule has 9 amide bonds. The average molecular weight is 1190 g/mol. The van der Waals surface area contributed by atoms with Gasteiger partial charge in [0.05, 0.1) is 31.0 Å². The molecule has 0 aromatic heterocycles. The summed E-state index contributed by atoms with van der Waals surface area (Å²) >= 11 is 0. The number of alkyl halides is 3. The van der Waals surface area contributed by atoms with Crippen molar-refractivity contribution >= 4 is 53.2 Å². The zero-order valence-corrected chi connectivity index (χ0v) is 52.5. The molecule has 0 radical (unpaired) electrons. The highest BCUT2D eigenvalue weighted by molar-refractivity contribution is 6.00. The molecule has 10 atom stereocenters. The number of ether oxygens (including phenoxy) is 1. The van der Waals surface area contributed by atoms with Crippen LogP contribution in [0.5, 0.6) is 0 Å². The van der Waals surface area contributed by atoms with Crippen molar-refractivity contribution in [3.63, 3.8) is 0 Å². The lowest BCUT2D eigenvalue weighted by molar-refractivity contribution is -0.215. The summed E-state index contributed by atoms with van der Waals surface area (Å²) in [5.74, 6) is -6.90. The van der Waals surface area contributed by atoms with E-state index in [2.05, 4.69) is 21.3 Å². The molecule has 2 aliphatic heterocycles. The maximum absolute atomic E-state index is 15.3. The first-order chi connectivity index (χ1) is 39.5. The summed E-state index contributed by atoms with van der Waals surface area (Å²) in [6, 6.07) is -6.07. The lowest BCUT2D eigenvalue weighted by Gasteiger charge is -2.54. The Kier molecular flexibility index (Phi) is 25.1. The predicted octanol–water partition coefficient (Wildman–Crippen LogP) is 5.04. The smallest absolute Gasteiger partial charge is 0.381 e. The molecule has 2 heterocycles. The van der Waals surface area contributed by atoms with Crippen molar-refractivity contribution in [1.82, 2.24) is 50.7 Å². The summed E-state index contributed by atoms with van der Waals surface area (Å²) in [5, 5.41) is 11.6. The monoisotopic (exact) mass is 1190 g/mol. The largest absolute Gasteiger partial charge is 0.394 e. The number of likely N-dealkylation sites (tertiary alicyclic amines) is 1. The van der Waals surface area contributed by atoms with Crippen LogP contribution in [0.3, 0.4) is 0 Å². The summed E-state index contributed by atoms with van der Waals surface area (Å²) in [6.45, 7) is 9.52. The van der Waals surface area contributed by atoms with Gasteiger partial charge >= 0.3 is 6.18 Å². The van der Waals surface area contributed by atoms with Gasteiger partial charge in [-0.2, -0.15) is 13.2 Å². The molecule has 23 heteroatoms. The zero-order chi connectivity index (χ0) is 62.6. The second kappa shape index (κ2) is 30.3. The maximum atomic E-state index is 15.3. The molecular formula is C61H101F3N10O10. The number of carbonyl (C=O) groups is 9. The Balaban J connectivity index is 1.44. The number of carbonyl (C=O) groups excluding carboxylic acids is 9. The van der Waals surface area contributed by atoms with E-state index in [0.29, 0.717) is 38.6 Å². The standard InChI is InChI=1S/C61H101F3N10O10/c1-14-41(15-2)51(57(82)71(11)46(33-49(75)66-7)55(80)69(8)9)72(12)58(83)60(36-59(4,5)37-60)68-52(77)45-30-38(3)34-74(45)54(79)44(28-26-40-25-27-42(61(62,63)64)48(32-40)84-13)67-50(76)35-70(10)56(81)47(31-39-22-18-16-19-23-39)73-29-21-17-20-24-43(65-6)53(73)78/h17,20,38-48,51,65H,14-16,18-19,21-37H2,1-13H3,(H,66,75)(H,67,76)(H,68,77)/b20-17-/t38-,40?,42?,43-,44-,45-,46-,47-,48?,51-/m0/s1. The van der Waals surface area contributed by atoms with Crippen molar-refractivity contribution in [2.24, 2.45) is 35.0 Å². The number of methoxy groups -OCH3 is 1. The Morgan fingerprint density at radius 2 is 1.49 bits per heavy atom. The molecule has 0 bridgehead atoms. The quantitative estimate of drug-likeness (QED) is 0.0886. The lowest BCUT2D eigenvalue weighted by atomic mass is 9.58. The fourth-order valence-corrected chi connectivity index (χ4v) is 14.3. The minimum atomic E-state index is -4.46. The van der Waals surface area contributed by atoms with Gasteiger partial charge in [0.1, 0.15) is 35.7 Å². The van der Waals surface area contributed by atoms with Crippen molar-refractivity contribution in [3.8, 4) is 0 Å². The molecule has 20 nitrogen and oxygen atoms in total. The molecule has 4 N–H and O–H groups in total. The van der Waals surface area contributed by atoms with E-state index < -0.39 is 125 Å². The molecular weight excluding hydrogens is 1090 g/mol. The van der Waals surface area contributed by atoms with Crippen molar-refractivity contribution in [2.75, 3.05) is 76.1 Å². The Hall–Kier alpha value is -5.32. The summed E-state index contributed by atoms with van der Waals surface area (Å²) in [6.07, 6.45) is 6.34. The van der Waals surface area contributed by atoms with Gasteiger partial charge in [-0.1, -0.05) is 91.7 Å². The SMILES string of the molecule is CCC(CC)[C@@H](C(=O)N(C)[C@@H](CC(=O)NC)C(=O)N(C)C)N(C)C(=O)C1(NC(=O)[C@@H]2C[C@H](C)CN2C(=O)[C@H](CCC2CCC(C(F)(F)F)C(OC)C2)NC(=O)CN(C)C(=O)[C@H](CC2CCCCC2)N2CC/C=C\C[C@H](NC)C2=O)CC(C)(C)C1. The van der Waals surface area contributed by atoms with Gasteiger partial charge in [-0.05, 0) is 107 Å². The Labute approximate surface area is 497 Å². The van der Waals surface area contributed by atoms with Crippen LogP contribution in [0, 0.1) is 35.0 Å². The number of hydrogen-bond donors (Lipinski definition) is 4. The van der Waals surface area contributed by atoms with Gasteiger partial charge in [-0.3, -0.25) is 43.2 Å². The van der Waals surface area contributed by atoms with E-state index in [1.165, 1.54) is 73.9 Å². The molecule has 5 rings (SSSR count). The van der Waals surface area contributed by atoms with Crippen LogP contribution >= 0.6 is 0 Å². The third-order valence-electron chi connectivity index (χ3n) is 18.9. The molecule has 476 valence electrons. The number of hydrogen-bond acceptors (Lipinski definition) is 11. The summed E-state index contributed by atoms with van der Waals surface area (Å²) < 4.78 is 47.7. The van der Waals surface area contributed by atoms with E-state index in [0.717, 1.165) is 32.1 Å². The van der Waals surface area contributed by atoms with E-state index in [-0.39, 0.29) is 88.0 Å². The average Bonchev–Trinajstić information content (AvgIpc) is 1.37. The number of nitrogens with zero attached hydrogens (tertiary/aromatic N) is 6. The van der Waals surface area contributed by atoms with E-state index in [4.69, 9.17) is 4.74 Å². The van der Waals surface area contributed by atoms with Gasteiger partial charge in [0.25, 0.3) is 0 Å². The van der Waals surface area contributed by atoms with Gasteiger partial charge in [0.2, 0.25) is 53.2 Å². The molecule has 84 heavy (non-hydrogen) atoms. The molecule has 0 aromatic carbocycles. The van der Waals surface area contributed by atoms with E-state index >= 15 is 14.4 Å².